The van der Waals surface area contributed by atoms with Crippen molar-refractivity contribution >= 4 is 33.4 Å². The van der Waals surface area contributed by atoms with Crippen LogP contribution in [0, 0.1) is 5.92 Å². The normalized spacial score (nSPS) is 15.9. The molecule has 1 aromatic heterocycles. The molecular formula is C21H24N2O7S. The molecule has 1 aliphatic heterocycles. The van der Waals surface area contributed by atoms with Crippen LogP contribution in [0.2, 0.25) is 0 Å². The van der Waals surface area contributed by atoms with Crippen molar-refractivity contribution in [2.24, 2.45) is 5.92 Å². The Bertz CT molecular complexity index is 1040. The van der Waals surface area contributed by atoms with E-state index in [1.807, 2.05) is 0 Å². The quantitative estimate of drug-likeness (QED) is 0.509. The Hall–Kier alpha value is -3.14. The molecule has 0 bridgehead atoms. The minimum atomic E-state index is -3.41. The number of nitrogens with zero attached hydrogens (tertiary/aromatic N) is 1. The summed E-state index contributed by atoms with van der Waals surface area (Å²) in [5, 5.41) is 0. The number of carbonyl (C=O) groups is 3. The van der Waals surface area contributed by atoms with Crippen molar-refractivity contribution in [2.75, 3.05) is 24.1 Å². The second-order valence-corrected chi connectivity index (χ2v) is 9.19. The monoisotopic (exact) mass is 448 g/mol. The number of hydrogen-bond acceptors (Lipinski definition) is 7. The van der Waals surface area contributed by atoms with Crippen LogP contribution in [0.25, 0.3) is 0 Å². The first-order valence-electron chi connectivity index (χ1n) is 9.79. The number of Topliss-reactive ketones (excluding diaryl/α,β-unsaturated/α-hetero) is 1. The lowest BCUT2D eigenvalue weighted by molar-refractivity contribution is -0.152. The van der Waals surface area contributed by atoms with Crippen molar-refractivity contribution in [3.63, 3.8) is 0 Å². The molecule has 1 amide bonds. The molecule has 0 aliphatic carbocycles. The number of likely N-dealkylation sites (tertiary alicyclic amines) is 1. The Balaban J connectivity index is 1.51. The molecule has 9 nitrogen and oxygen atoms in total. The molecule has 0 spiro atoms. The number of hydrogen-bond donors (Lipinski definition) is 1. The zero-order valence-electron chi connectivity index (χ0n) is 17.2. The van der Waals surface area contributed by atoms with Gasteiger partial charge in [0.1, 0.15) is 0 Å². The van der Waals surface area contributed by atoms with Crippen LogP contribution in [0.1, 0.15) is 40.7 Å². The Labute approximate surface area is 180 Å². The summed E-state index contributed by atoms with van der Waals surface area (Å²) in [4.78, 5) is 39.0. The van der Waals surface area contributed by atoms with E-state index in [4.69, 9.17) is 9.15 Å². The molecule has 2 heterocycles. The third-order valence-electron chi connectivity index (χ3n) is 4.98. The number of piperidine rings is 1. The van der Waals surface area contributed by atoms with E-state index in [9.17, 15) is 22.8 Å². The van der Waals surface area contributed by atoms with E-state index >= 15 is 0 Å². The van der Waals surface area contributed by atoms with Gasteiger partial charge in [-0.15, -0.1) is 0 Å². The maximum atomic E-state index is 12.6. The van der Waals surface area contributed by atoms with Crippen LogP contribution in [0.4, 0.5) is 5.69 Å². The first-order chi connectivity index (χ1) is 14.6. The second kappa shape index (κ2) is 9.34. The van der Waals surface area contributed by atoms with Gasteiger partial charge in [-0.2, -0.15) is 0 Å². The van der Waals surface area contributed by atoms with Crippen LogP contribution in [-0.2, 0) is 19.6 Å². The number of benzene rings is 1. The van der Waals surface area contributed by atoms with Gasteiger partial charge in [0.15, 0.2) is 11.9 Å². The fraction of sp³-hybridized carbons (Fsp3) is 0.381. The van der Waals surface area contributed by atoms with Gasteiger partial charge < -0.3 is 14.1 Å². The maximum absolute atomic E-state index is 12.6. The fourth-order valence-corrected chi connectivity index (χ4v) is 3.91. The highest BCUT2D eigenvalue weighted by Crippen LogP contribution is 2.22. The van der Waals surface area contributed by atoms with E-state index in [0.717, 1.165) is 6.26 Å². The van der Waals surface area contributed by atoms with Crippen LogP contribution in [0.3, 0.4) is 0 Å². The van der Waals surface area contributed by atoms with Crippen LogP contribution in [0.5, 0.6) is 0 Å². The van der Waals surface area contributed by atoms with Gasteiger partial charge in [-0.05, 0) is 56.2 Å². The summed E-state index contributed by atoms with van der Waals surface area (Å²) in [6.07, 6.45) is 2.37. The van der Waals surface area contributed by atoms with Crippen LogP contribution in [0.15, 0.2) is 47.1 Å². The van der Waals surface area contributed by atoms with Crippen LogP contribution < -0.4 is 4.72 Å². The van der Waals surface area contributed by atoms with E-state index < -0.39 is 28.0 Å². The number of amides is 1. The molecule has 1 saturated heterocycles. The highest BCUT2D eigenvalue weighted by molar-refractivity contribution is 7.92. The summed E-state index contributed by atoms with van der Waals surface area (Å²) in [6.45, 7) is 2.30. The first-order valence-corrected chi connectivity index (χ1v) is 11.7. The summed E-state index contributed by atoms with van der Waals surface area (Å²) in [5.74, 6) is -1.20. The predicted octanol–water partition coefficient (Wildman–Crippen LogP) is 2.32. The summed E-state index contributed by atoms with van der Waals surface area (Å²) in [6, 6.07) is 9.12. The second-order valence-electron chi connectivity index (χ2n) is 7.44. The van der Waals surface area contributed by atoms with Gasteiger partial charge in [0.05, 0.1) is 18.4 Å². The van der Waals surface area contributed by atoms with E-state index in [2.05, 4.69) is 4.72 Å². The first kappa shape index (κ1) is 22.5. The number of esters is 1. The van der Waals surface area contributed by atoms with E-state index in [0.29, 0.717) is 37.2 Å². The molecule has 1 aromatic carbocycles. The topological polar surface area (TPSA) is 123 Å². The van der Waals surface area contributed by atoms with Crippen molar-refractivity contribution < 1.29 is 32.0 Å². The highest BCUT2D eigenvalue weighted by Gasteiger charge is 2.31. The van der Waals surface area contributed by atoms with Crippen molar-refractivity contribution in [1.29, 1.82) is 0 Å². The average Bonchev–Trinajstić information content (AvgIpc) is 3.27. The standard InChI is InChI=1S/C21H24N2O7S/c1-14(19(24)15-5-7-17(8-6-15)22-31(2,27)28)30-21(26)16-9-11-23(12-10-16)20(25)18-4-3-13-29-18/h3-8,13-14,16,22H,9-12H2,1-2H3. The van der Waals surface area contributed by atoms with E-state index in [1.165, 1.54) is 37.5 Å². The molecule has 3 rings (SSSR count). The fourth-order valence-electron chi connectivity index (χ4n) is 3.35. The Morgan fingerprint density at radius 3 is 2.32 bits per heavy atom. The number of furan rings is 1. The molecule has 0 saturated carbocycles. The Morgan fingerprint density at radius 1 is 1.13 bits per heavy atom. The van der Waals surface area contributed by atoms with Gasteiger partial charge in [0, 0.05) is 24.3 Å². The Kier molecular flexibility index (Phi) is 6.79. The SMILES string of the molecule is CC(OC(=O)C1CCN(C(=O)c2ccco2)CC1)C(=O)c1ccc(NS(C)(=O)=O)cc1. The molecule has 1 aliphatic rings. The van der Waals surface area contributed by atoms with Crippen molar-refractivity contribution in [3.05, 3.63) is 54.0 Å². The zero-order valence-corrected chi connectivity index (χ0v) is 18.1. The van der Waals surface area contributed by atoms with Gasteiger partial charge >= 0.3 is 5.97 Å². The lowest BCUT2D eigenvalue weighted by Gasteiger charge is -2.30. The number of sulfonamides is 1. The lowest BCUT2D eigenvalue weighted by Crippen LogP contribution is -2.41. The van der Waals surface area contributed by atoms with Gasteiger partial charge in [0.2, 0.25) is 15.8 Å². The molecule has 1 fully saturated rings. The molecule has 10 heteroatoms. The van der Waals surface area contributed by atoms with Gasteiger partial charge in [-0.25, -0.2) is 8.42 Å². The summed E-state index contributed by atoms with van der Waals surface area (Å²) in [5.41, 5.74) is 0.637. The van der Waals surface area contributed by atoms with Gasteiger partial charge in [-0.1, -0.05) is 0 Å². The number of ether oxygens (including phenoxy) is 1. The van der Waals surface area contributed by atoms with Gasteiger partial charge in [-0.3, -0.25) is 19.1 Å². The van der Waals surface area contributed by atoms with Crippen molar-refractivity contribution in [2.45, 2.75) is 25.9 Å². The number of rotatable bonds is 7. The third kappa shape index (κ3) is 5.94. The lowest BCUT2D eigenvalue weighted by atomic mass is 9.96. The largest absolute Gasteiger partial charge is 0.459 e. The minimum Gasteiger partial charge on any atom is -0.459 e. The number of nitrogens with one attached hydrogen (secondary N) is 1. The molecule has 1 atom stereocenters. The van der Waals surface area contributed by atoms with E-state index in [1.54, 1.807) is 17.0 Å². The van der Waals surface area contributed by atoms with E-state index in [-0.39, 0.29) is 17.5 Å². The van der Waals surface area contributed by atoms with Crippen LogP contribution in [-0.4, -0.2) is 56.4 Å². The van der Waals surface area contributed by atoms with Crippen molar-refractivity contribution in [1.82, 2.24) is 4.90 Å². The maximum Gasteiger partial charge on any atom is 0.309 e. The molecule has 0 radical (unpaired) electrons. The molecule has 166 valence electrons. The minimum absolute atomic E-state index is 0.214. The summed E-state index contributed by atoms with van der Waals surface area (Å²) < 4.78 is 35.3. The number of ketones is 1. The number of anilines is 1. The highest BCUT2D eigenvalue weighted by atomic mass is 32.2. The average molecular weight is 448 g/mol. The molecule has 2 aromatic rings. The number of carbonyl (C=O) groups excluding carboxylic acids is 3. The van der Waals surface area contributed by atoms with Gasteiger partial charge in [0.25, 0.3) is 5.91 Å². The summed E-state index contributed by atoms with van der Waals surface area (Å²) in [7, 11) is -3.41. The molecule has 1 unspecified atom stereocenters. The third-order valence-corrected chi connectivity index (χ3v) is 5.59. The molecule has 1 N–H and O–H groups in total. The van der Waals surface area contributed by atoms with Crippen molar-refractivity contribution in [3.8, 4) is 0 Å². The Morgan fingerprint density at radius 2 is 1.77 bits per heavy atom. The van der Waals surface area contributed by atoms with Crippen LogP contribution >= 0.6 is 0 Å². The molecular weight excluding hydrogens is 424 g/mol. The summed E-state index contributed by atoms with van der Waals surface area (Å²) >= 11 is 0. The predicted molar refractivity (Wildman–Crippen MR) is 112 cm³/mol. The smallest absolute Gasteiger partial charge is 0.309 e. The zero-order chi connectivity index (χ0) is 22.6. The molecule has 31 heavy (non-hydrogen) atoms.